The first-order valence-electron chi connectivity index (χ1n) is 11.3. The molecule has 0 spiro atoms. The van der Waals surface area contributed by atoms with Crippen LogP contribution in [0.3, 0.4) is 0 Å². The van der Waals surface area contributed by atoms with E-state index in [9.17, 15) is 9.59 Å². The van der Waals surface area contributed by atoms with Crippen molar-refractivity contribution < 1.29 is 9.59 Å². The molecule has 0 N–H and O–H groups in total. The van der Waals surface area contributed by atoms with E-state index in [1.54, 1.807) is 24.3 Å². The number of hydrogen-bond donors (Lipinski definition) is 0. The minimum Gasteiger partial charge on any atom is -0.285 e. The lowest BCUT2D eigenvalue weighted by atomic mass is 9.94. The Hall–Kier alpha value is -4.30. The van der Waals surface area contributed by atoms with Crippen molar-refractivity contribution in [1.29, 1.82) is 0 Å². The summed E-state index contributed by atoms with van der Waals surface area (Å²) in [5, 5.41) is 0. The Balaban J connectivity index is 1.54. The van der Waals surface area contributed by atoms with E-state index >= 15 is 0 Å². The maximum absolute atomic E-state index is 12.9. The highest BCUT2D eigenvalue weighted by atomic mass is 16.2. The largest absolute Gasteiger partial charge is 0.285 e. The Morgan fingerprint density at radius 3 is 1.24 bits per heavy atom. The Kier molecular flexibility index (Phi) is 7.10. The highest BCUT2D eigenvalue weighted by molar-refractivity contribution is 6.49. The molecule has 4 aromatic rings. The molecule has 0 saturated carbocycles. The van der Waals surface area contributed by atoms with Crippen LogP contribution in [0.2, 0.25) is 0 Å². The Bertz CT molecular complexity index is 1240. The Morgan fingerprint density at radius 1 is 0.529 bits per heavy atom. The van der Waals surface area contributed by atoms with Crippen molar-refractivity contribution >= 4 is 11.6 Å². The fourth-order valence-electron chi connectivity index (χ4n) is 4.14. The molecule has 34 heavy (non-hydrogen) atoms. The zero-order chi connectivity index (χ0) is 23.9. The summed E-state index contributed by atoms with van der Waals surface area (Å²) < 4.78 is 0. The van der Waals surface area contributed by atoms with Gasteiger partial charge in [0.15, 0.2) is 0 Å². The molecule has 0 aliphatic rings. The van der Waals surface area contributed by atoms with E-state index in [-0.39, 0.29) is 0 Å². The van der Waals surface area contributed by atoms with Crippen LogP contribution in [0.25, 0.3) is 22.3 Å². The Labute approximate surface area is 200 Å². The number of ketones is 2. The fourth-order valence-corrected chi connectivity index (χ4v) is 4.14. The average molecular weight is 443 g/mol. The number of Topliss-reactive ketones (excluding diaryl/α,β-unsaturated/α-hetero) is 2. The van der Waals surface area contributed by atoms with Crippen LogP contribution < -0.4 is 0 Å². The first-order chi connectivity index (χ1) is 16.6. The smallest absolute Gasteiger partial charge is 0.233 e. The van der Waals surface area contributed by atoms with E-state index in [4.69, 9.17) is 0 Å². The molecule has 0 atom stereocenters. The minimum atomic E-state index is -0.509. The van der Waals surface area contributed by atoms with Crippen LogP contribution in [0.15, 0.2) is 122 Å². The summed E-state index contributed by atoms with van der Waals surface area (Å²) in [5.74, 6) is -1.02. The third-order valence-electron chi connectivity index (χ3n) is 5.89. The van der Waals surface area contributed by atoms with Gasteiger partial charge in [0.25, 0.3) is 0 Å². The quantitative estimate of drug-likeness (QED) is 0.152. The lowest BCUT2D eigenvalue weighted by molar-refractivity contribution is 0.0817. The summed E-state index contributed by atoms with van der Waals surface area (Å²) in [6.45, 7) is 7.65. The molecule has 0 saturated heterocycles. The van der Waals surface area contributed by atoms with Crippen molar-refractivity contribution in [2.45, 2.75) is 12.8 Å². The van der Waals surface area contributed by atoms with Gasteiger partial charge in [0, 0.05) is 11.1 Å². The van der Waals surface area contributed by atoms with E-state index in [1.165, 1.54) is 11.1 Å². The molecular formula is C32H26O2. The molecule has 0 fully saturated rings. The number of benzene rings is 4. The highest BCUT2D eigenvalue weighted by Gasteiger charge is 2.19. The molecule has 0 aliphatic heterocycles. The second-order valence-electron chi connectivity index (χ2n) is 8.11. The molecule has 2 nitrogen and oxygen atoms in total. The summed E-state index contributed by atoms with van der Waals surface area (Å²) >= 11 is 0. The zero-order valence-electron chi connectivity index (χ0n) is 19.0. The molecule has 0 radical (unpaired) electrons. The first kappa shape index (κ1) is 22.9. The van der Waals surface area contributed by atoms with Crippen LogP contribution in [0.1, 0.15) is 31.8 Å². The van der Waals surface area contributed by atoms with Crippen molar-refractivity contribution in [2.24, 2.45) is 0 Å². The van der Waals surface area contributed by atoms with Crippen LogP contribution in [-0.4, -0.2) is 11.6 Å². The van der Waals surface area contributed by atoms with Crippen molar-refractivity contribution in [1.82, 2.24) is 0 Å². The van der Waals surface area contributed by atoms with Crippen molar-refractivity contribution in [2.75, 3.05) is 0 Å². The monoisotopic (exact) mass is 442 g/mol. The molecule has 0 bridgehead atoms. The first-order valence-corrected chi connectivity index (χ1v) is 11.3. The minimum absolute atomic E-state index is 0.385. The van der Waals surface area contributed by atoms with Crippen molar-refractivity contribution in [3.8, 4) is 22.3 Å². The van der Waals surface area contributed by atoms with Gasteiger partial charge in [-0.25, -0.2) is 0 Å². The maximum Gasteiger partial charge on any atom is 0.233 e. The normalized spacial score (nSPS) is 10.5. The summed E-state index contributed by atoms with van der Waals surface area (Å²) in [7, 11) is 0. The molecule has 166 valence electrons. The number of carbonyl (C=O) groups is 2. The van der Waals surface area contributed by atoms with E-state index in [1.807, 2.05) is 60.7 Å². The average Bonchev–Trinajstić information content (AvgIpc) is 2.89. The fraction of sp³-hybridized carbons (Fsp3) is 0.0625. The van der Waals surface area contributed by atoms with Crippen LogP contribution in [-0.2, 0) is 12.8 Å². The summed E-state index contributed by atoms with van der Waals surface area (Å²) in [6.07, 6.45) is 5.28. The third-order valence-corrected chi connectivity index (χ3v) is 5.89. The van der Waals surface area contributed by atoms with Crippen molar-refractivity contribution in [3.63, 3.8) is 0 Å². The molecule has 0 unspecified atom stereocenters. The molecule has 0 aliphatic carbocycles. The third kappa shape index (κ3) is 4.87. The van der Waals surface area contributed by atoms with Crippen molar-refractivity contribution in [3.05, 3.63) is 145 Å². The molecular weight excluding hydrogens is 416 g/mol. The SMILES string of the molecule is C=CCc1ccccc1-c1ccc(C(=O)C(=O)c2ccc(-c3ccccc3CC=C)cc2)cc1. The number of allylic oxidation sites excluding steroid dienone is 2. The van der Waals surface area contributed by atoms with Gasteiger partial charge >= 0.3 is 0 Å². The summed E-state index contributed by atoms with van der Waals surface area (Å²) in [4.78, 5) is 25.8. The standard InChI is InChI=1S/C32H26O2/c1-3-9-23-11-5-7-13-29(23)25-15-19-27(20-16-25)31(33)32(34)28-21-17-26(18-22-28)30-14-8-6-12-24(30)10-4-2/h3-8,11-22H,1-2,9-10H2. The van der Waals surface area contributed by atoms with Gasteiger partial charge in [-0.2, -0.15) is 0 Å². The van der Waals surface area contributed by atoms with Gasteiger partial charge < -0.3 is 0 Å². The predicted molar refractivity (Wildman–Crippen MR) is 140 cm³/mol. The summed E-state index contributed by atoms with van der Waals surface area (Å²) in [6, 6.07) is 30.7. The van der Waals surface area contributed by atoms with Gasteiger partial charge in [0.05, 0.1) is 0 Å². The second kappa shape index (κ2) is 10.5. The second-order valence-corrected chi connectivity index (χ2v) is 8.11. The van der Waals surface area contributed by atoms with Crippen LogP contribution in [0.5, 0.6) is 0 Å². The lowest BCUT2D eigenvalue weighted by Gasteiger charge is -2.10. The van der Waals surface area contributed by atoms with Gasteiger partial charge in [-0.1, -0.05) is 109 Å². The molecule has 4 rings (SSSR count). The lowest BCUT2D eigenvalue weighted by Crippen LogP contribution is -2.14. The van der Waals surface area contributed by atoms with Crippen LogP contribution >= 0.6 is 0 Å². The predicted octanol–water partition coefficient (Wildman–Crippen LogP) is 7.54. The van der Waals surface area contributed by atoms with Gasteiger partial charge in [0.1, 0.15) is 0 Å². The molecule has 4 aromatic carbocycles. The van der Waals surface area contributed by atoms with Gasteiger partial charge in [-0.3, -0.25) is 9.59 Å². The number of rotatable bonds is 9. The van der Waals surface area contributed by atoms with Crippen LogP contribution in [0.4, 0.5) is 0 Å². The number of carbonyl (C=O) groups excluding carboxylic acids is 2. The van der Waals surface area contributed by atoms with E-state index < -0.39 is 11.6 Å². The Morgan fingerprint density at radius 2 is 0.882 bits per heavy atom. The van der Waals surface area contributed by atoms with E-state index in [2.05, 4.69) is 37.4 Å². The van der Waals surface area contributed by atoms with Gasteiger partial charge in [-0.05, 0) is 46.2 Å². The van der Waals surface area contributed by atoms with E-state index in [0.717, 1.165) is 35.1 Å². The maximum atomic E-state index is 12.9. The summed E-state index contributed by atoms with van der Waals surface area (Å²) in [5.41, 5.74) is 7.31. The van der Waals surface area contributed by atoms with Gasteiger partial charge in [-0.15, -0.1) is 13.2 Å². The zero-order valence-corrected chi connectivity index (χ0v) is 19.0. The molecule has 0 amide bonds. The topological polar surface area (TPSA) is 34.1 Å². The molecule has 0 heterocycles. The highest BCUT2D eigenvalue weighted by Crippen LogP contribution is 2.27. The van der Waals surface area contributed by atoms with Gasteiger partial charge in [0.2, 0.25) is 11.6 Å². The number of hydrogen-bond acceptors (Lipinski definition) is 2. The molecule has 2 heteroatoms. The molecule has 0 aromatic heterocycles. The van der Waals surface area contributed by atoms with Crippen LogP contribution in [0, 0.1) is 0 Å². The van der Waals surface area contributed by atoms with E-state index in [0.29, 0.717) is 11.1 Å².